The third-order valence-corrected chi connectivity index (χ3v) is 3.29. The number of likely N-dealkylation sites (N-methyl/N-ethyl adjacent to an activating group) is 1. The molecule has 1 unspecified atom stereocenters. The summed E-state index contributed by atoms with van der Waals surface area (Å²) in [5.41, 5.74) is 1.68. The van der Waals surface area contributed by atoms with Gasteiger partial charge in [0.25, 0.3) is 0 Å². The fourth-order valence-electron chi connectivity index (χ4n) is 2.53. The van der Waals surface area contributed by atoms with Crippen molar-refractivity contribution in [3.63, 3.8) is 0 Å². The molecule has 0 saturated carbocycles. The highest BCUT2D eigenvalue weighted by Gasteiger charge is 2.26. The third-order valence-electron chi connectivity index (χ3n) is 3.29. The van der Waals surface area contributed by atoms with E-state index in [1.165, 1.54) is 12.8 Å². The van der Waals surface area contributed by atoms with Gasteiger partial charge in [-0.15, -0.1) is 0 Å². The van der Waals surface area contributed by atoms with Crippen LogP contribution in [0.25, 0.3) is 11.2 Å². The average Bonchev–Trinajstić information content (AvgIpc) is 2.96. The molecule has 1 atom stereocenters. The maximum absolute atomic E-state index is 4.41. The Labute approximate surface area is 99.5 Å². The lowest BCUT2D eigenvalue weighted by atomic mass is 10.2. The first-order chi connectivity index (χ1) is 8.40. The summed E-state index contributed by atoms with van der Waals surface area (Å²) in [6.45, 7) is 2.04. The smallest absolute Gasteiger partial charge is 0.182 e. The Morgan fingerprint density at radius 2 is 2.41 bits per heavy atom. The molecule has 0 spiro atoms. The minimum absolute atomic E-state index is 0.515. The van der Waals surface area contributed by atoms with Crippen molar-refractivity contribution in [2.45, 2.75) is 18.9 Å². The predicted octanol–water partition coefficient (Wildman–Crippen LogP) is 0.541. The SMILES string of the molecule is CNCC1CCCN1c1ncnc2nc[nH]c12. The van der Waals surface area contributed by atoms with Gasteiger partial charge in [-0.1, -0.05) is 0 Å². The Morgan fingerprint density at radius 1 is 1.47 bits per heavy atom. The van der Waals surface area contributed by atoms with Crippen LogP contribution in [0.3, 0.4) is 0 Å². The van der Waals surface area contributed by atoms with E-state index in [0.717, 1.165) is 30.1 Å². The van der Waals surface area contributed by atoms with Crippen LogP contribution in [0.4, 0.5) is 5.82 Å². The number of anilines is 1. The zero-order valence-corrected chi connectivity index (χ0v) is 9.85. The van der Waals surface area contributed by atoms with E-state index in [4.69, 9.17) is 0 Å². The molecule has 0 aliphatic carbocycles. The fourth-order valence-corrected chi connectivity index (χ4v) is 2.53. The van der Waals surface area contributed by atoms with Crippen LogP contribution in [-0.2, 0) is 0 Å². The van der Waals surface area contributed by atoms with Crippen molar-refractivity contribution >= 4 is 17.0 Å². The van der Waals surface area contributed by atoms with E-state index in [0.29, 0.717) is 6.04 Å². The monoisotopic (exact) mass is 232 g/mol. The molecule has 90 valence electrons. The summed E-state index contributed by atoms with van der Waals surface area (Å²) in [5, 5.41) is 3.24. The summed E-state index contributed by atoms with van der Waals surface area (Å²) >= 11 is 0. The van der Waals surface area contributed by atoms with Crippen LogP contribution >= 0.6 is 0 Å². The quantitative estimate of drug-likeness (QED) is 0.808. The number of H-pyrrole nitrogens is 1. The second kappa shape index (κ2) is 4.29. The van der Waals surface area contributed by atoms with Gasteiger partial charge in [-0.2, -0.15) is 0 Å². The normalized spacial score (nSPS) is 20.3. The molecule has 0 aromatic carbocycles. The van der Waals surface area contributed by atoms with Gasteiger partial charge in [0.2, 0.25) is 0 Å². The molecule has 2 N–H and O–H groups in total. The number of hydrogen-bond acceptors (Lipinski definition) is 5. The minimum Gasteiger partial charge on any atom is -0.350 e. The number of imidazole rings is 1. The third kappa shape index (κ3) is 1.74. The lowest BCUT2D eigenvalue weighted by Crippen LogP contribution is -2.37. The number of aromatic nitrogens is 4. The maximum atomic E-state index is 4.41. The van der Waals surface area contributed by atoms with Crippen LogP contribution in [0.5, 0.6) is 0 Å². The largest absolute Gasteiger partial charge is 0.350 e. The highest BCUT2D eigenvalue weighted by atomic mass is 15.3. The van der Waals surface area contributed by atoms with Gasteiger partial charge in [-0.25, -0.2) is 15.0 Å². The highest BCUT2D eigenvalue weighted by molar-refractivity contribution is 5.82. The molecule has 2 aromatic rings. The van der Waals surface area contributed by atoms with Crippen molar-refractivity contribution in [3.05, 3.63) is 12.7 Å². The van der Waals surface area contributed by atoms with Crippen molar-refractivity contribution in [2.75, 3.05) is 25.0 Å². The number of fused-ring (bicyclic) bond motifs is 1. The Hall–Kier alpha value is -1.69. The second-order valence-electron chi connectivity index (χ2n) is 4.35. The molecule has 17 heavy (non-hydrogen) atoms. The van der Waals surface area contributed by atoms with Crippen LogP contribution < -0.4 is 10.2 Å². The average molecular weight is 232 g/mol. The van der Waals surface area contributed by atoms with Gasteiger partial charge >= 0.3 is 0 Å². The first-order valence-corrected chi connectivity index (χ1v) is 5.95. The highest BCUT2D eigenvalue weighted by Crippen LogP contribution is 2.27. The Morgan fingerprint density at radius 3 is 3.29 bits per heavy atom. The fraction of sp³-hybridized carbons (Fsp3) is 0.545. The van der Waals surface area contributed by atoms with Gasteiger partial charge < -0.3 is 15.2 Å². The van der Waals surface area contributed by atoms with Crippen LogP contribution in [0, 0.1) is 0 Å². The lowest BCUT2D eigenvalue weighted by Gasteiger charge is -2.25. The Kier molecular flexibility index (Phi) is 2.64. The number of nitrogens with zero attached hydrogens (tertiary/aromatic N) is 4. The molecule has 6 heteroatoms. The van der Waals surface area contributed by atoms with Crippen molar-refractivity contribution in [1.82, 2.24) is 25.3 Å². The van der Waals surface area contributed by atoms with Crippen LogP contribution in [0.15, 0.2) is 12.7 Å². The topological polar surface area (TPSA) is 69.7 Å². The molecule has 0 bridgehead atoms. The van der Waals surface area contributed by atoms with Gasteiger partial charge in [0.05, 0.1) is 6.33 Å². The Balaban J connectivity index is 1.99. The first kappa shape index (κ1) is 10.5. The summed E-state index contributed by atoms with van der Waals surface area (Å²) in [6.07, 6.45) is 5.69. The molecule has 3 rings (SSSR count). The van der Waals surface area contributed by atoms with E-state index in [2.05, 4.69) is 30.2 Å². The minimum atomic E-state index is 0.515. The number of rotatable bonds is 3. The molecular weight excluding hydrogens is 216 g/mol. The predicted molar refractivity (Wildman–Crippen MR) is 66.0 cm³/mol. The van der Waals surface area contributed by atoms with Crippen LogP contribution in [0.1, 0.15) is 12.8 Å². The summed E-state index contributed by atoms with van der Waals surface area (Å²) < 4.78 is 0. The zero-order valence-electron chi connectivity index (χ0n) is 9.85. The van der Waals surface area contributed by atoms with Crippen LogP contribution in [0.2, 0.25) is 0 Å². The van der Waals surface area contributed by atoms with Crippen molar-refractivity contribution < 1.29 is 0 Å². The second-order valence-corrected chi connectivity index (χ2v) is 4.35. The zero-order chi connectivity index (χ0) is 11.7. The molecule has 1 fully saturated rings. The van der Waals surface area contributed by atoms with Crippen molar-refractivity contribution in [2.24, 2.45) is 0 Å². The molecule has 3 heterocycles. The van der Waals surface area contributed by atoms with E-state index in [9.17, 15) is 0 Å². The molecule has 1 saturated heterocycles. The standard InChI is InChI=1S/C11H16N6/c1-12-5-8-3-2-4-17(8)11-9-10(14-6-13-9)15-7-16-11/h6-8,12H,2-5H2,1H3,(H,13,14,15,16). The number of aromatic amines is 1. The summed E-state index contributed by atoms with van der Waals surface area (Å²) in [4.78, 5) is 18.2. The van der Waals surface area contributed by atoms with E-state index < -0.39 is 0 Å². The molecule has 0 amide bonds. The van der Waals surface area contributed by atoms with E-state index >= 15 is 0 Å². The van der Waals surface area contributed by atoms with Gasteiger partial charge in [0.15, 0.2) is 11.5 Å². The van der Waals surface area contributed by atoms with E-state index in [1.54, 1.807) is 12.7 Å². The van der Waals surface area contributed by atoms with Gasteiger partial charge in [0.1, 0.15) is 11.8 Å². The van der Waals surface area contributed by atoms with Crippen LogP contribution in [-0.4, -0.2) is 46.1 Å². The van der Waals surface area contributed by atoms with E-state index in [-0.39, 0.29) is 0 Å². The molecule has 0 radical (unpaired) electrons. The maximum Gasteiger partial charge on any atom is 0.182 e. The van der Waals surface area contributed by atoms with Gasteiger partial charge in [0, 0.05) is 19.1 Å². The van der Waals surface area contributed by atoms with Crippen molar-refractivity contribution in [1.29, 1.82) is 0 Å². The lowest BCUT2D eigenvalue weighted by molar-refractivity contribution is 0.612. The summed E-state index contributed by atoms with van der Waals surface area (Å²) in [6, 6.07) is 0.515. The molecule has 2 aromatic heterocycles. The molecular formula is C11H16N6. The Bertz CT molecular complexity index is 507. The van der Waals surface area contributed by atoms with E-state index in [1.807, 2.05) is 7.05 Å². The molecule has 1 aliphatic heterocycles. The number of hydrogen-bond donors (Lipinski definition) is 2. The molecule has 6 nitrogen and oxygen atoms in total. The summed E-state index contributed by atoms with van der Waals surface area (Å²) in [7, 11) is 1.99. The van der Waals surface area contributed by atoms with Gasteiger partial charge in [-0.3, -0.25) is 0 Å². The first-order valence-electron chi connectivity index (χ1n) is 5.95. The van der Waals surface area contributed by atoms with Crippen molar-refractivity contribution in [3.8, 4) is 0 Å². The summed E-state index contributed by atoms with van der Waals surface area (Å²) in [5.74, 6) is 0.977. The van der Waals surface area contributed by atoms with Gasteiger partial charge in [-0.05, 0) is 19.9 Å². The molecule has 1 aliphatic rings. The number of nitrogens with one attached hydrogen (secondary N) is 2.